The number of aromatic nitrogens is 2. The second kappa shape index (κ2) is 7.50. The van der Waals surface area contributed by atoms with Gasteiger partial charge in [0.25, 0.3) is 17.4 Å². The van der Waals surface area contributed by atoms with Gasteiger partial charge in [-0.2, -0.15) is 5.10 Å². The Morgan fingerprint density at radius 3 is 2.77 bits per heavy atom. The summed E-state index contributed by atoms with van der Waals surface area (Å²) < 4.78 is 7.67. The van der Waals surface area contributed by atoms with Crippen molar-refractivity contribution in [1.29, 1.82) is 0 Å². The van der Waals surface area contributed by atoms with Gasteiger partial charge in [-0.05, 0) is 62.7 Å². The Labute approximate surface area is 179 Å². The molecule has 0 fully saturated rings. The molecule has 30 heavy (non-hydrogen) atoms. The van der Waals surface area contributed by atoms with Crippen LogP contribution in [0.4, 0.5) is 11.4 Å². The average Bonchev–Trinajstić information content (AvgIpc) is 3.00. The second-order valence-corrected chi connectivity index (χ2v) is 7.91. The lowest BCUT2D eigenvalue weighted by Crippen LogP contribution is -2.56. The zero-order valence-corrected chi connectivity index (χ0v) is 17.6. The van der Waals surface area contributed by atoms with Crippen molar-refractivity contribution in [3.63, 3.8) is 0 Å². The predicted molar refractivity (Wildman–Crippen MR) is 115 cm³/mol. The van der Waals surface area contributed by atoms with Crippen molar-refractivity contribution >= 4 is 34.8 Å². The lowest BCUT2D eigenvalue weighted by molar-refractivity contribution is -0.143. The van der Waals surface area contributed by atoms with Gasteiger partial charge in [-0.3, -0.25) is 14.3 Å². The van der Waals surface area contributed by atoms with E-state index in [9.17, 15) is 9.59 Å². The molecule has 1 aliphatic heterocycles. The molecule has 0 spiro atoms. The Morgan fingerprint density at radius 2 is 2.03 bits per heavy atom. The summed E-state index contributed by atoms with van der Waals surface area (Å²) in [5, 5.41) is 10.4. The van der Waals surface area contributed by atoms with Crippen LogP contribution in [-0.4, -0.2) is 27.2 Å². The fourth-order valence-electron chi connectivity index (χ4n) is 3.35. The molecule has 8 heteroatoms. The van der Waals surface area contributed by atoms with E-state index in [4.69, 9.17) is 16.3 Å². The maximum atomic E-state index is 13.0. The quantitative estimate of drug-likeness (QED) is 0.621. The summed E-state index contributed by atoms with van der Waals surface area (Å²) in [4.78, 5) is 25.6. The summed E-state index contributed by atoms with van der Waals surface area (Å²) in [7, 11) is 0. The Hall–Kier alpha value is -3.32. The number of benzene rings is 2. The number of carbonyl (C=O) groups is 2. The molecular formula is C22H21ClN4O3. The van der Waals surface area contributed by atoms with Crippen molar-refractivity contribution in [3.8, 4) is 5.75 Å². The van der Waals surface area contributed by atoms with Crippen molar-refractivity contribution in [2.75, 3.05) is 10.6 Å². The summed E-state index contributed by atoms with van der Waals surface area (Å²) in [6, 6.07) is 14.3. The van der Waals surface area contributed by atoms with E-state index < -0.39 is 17.4 Å². The Bertz CT molecular complexity index is 1160. The van der Waals surface area contributed by atoms with Crippen LogP contribution < -0.4 is 15.4 Å². The largest absolute Gasteiger partial charge is 0.466 e. The fraction of sp³-hybridized carbons (Fsp3) is 0.227. The van der Waals surface area contributed by atoms with E-state index in [2.05, 4.69) is 15.7 Å². The monoisotopic (exact) mass is 424 g/mol. The number of aryl methyl sites for hydroxylation is 2. The highest BCUT2D eigenvalue weighted by Crippen LogP contribution is 2.36. The third-order valence-corrected chi connectivity index (χ3v) is 5.23. The molecule has 4 rings (SSSR count). The number of hydrogen-bond donors (Lipinski definition) is 2. The van der Waals surface area contributed by atoms with Gasteiger partial charge in [0.05, 0.1) is 17.9 Å². The first-order chi connectivity index (χ1) is 14.2. The van der Waals surface area contributed by atoms with E-state index in [1.165, 1.54) is 6.92 Å². The Kier molecular flexibility index (Phi) is 4.99. The normalized spacial score (nSPS) is 17.7. The van der Waals surface area contributed by atoms with Gasteiger partial charge < -0.3 is 15.4 Å². The third kappa shape index (κ3) is 3.76. The molecule has 0 saturated heterocycles. The molecule has 0 saturated carbocycles. The molecule has 0 bridgehead atoms. The first kappa shape index (κ1) is 20.0. The van der Waals surface area contributed by atoms with E-state index in [0.29, 0.717) is 28.7 Å². The van der Waals surface area contributed by atoms with Crippen molar-refractivity contribution < 1.29 is 14.3 Å². The highest BCUT2D eigenvalue weighted by molar-refractivity contribution is 6.31. The average molecular weight is 425 g/mol. The maximum Gasteiger partial charge on any atom is 0.278 e. The minimum Gasteiger partial charge on any atom is -0.466 e. The molecule has 7 nitrogen and oxygen atoms in total. The van der Waals surface area contributed by atoms with E-state index in [1.54, 1.807) is 24.3 Å². The van der Waals surface area contributed by atoms with Crippen LogP contribution >= 0.6 is 11.6 Å². The molecule has 0 radical (unpaired) electrons. The van der Waals surface area contributed by atoms with Gasteiger partial charge in [0.15, 0.2) is 0 Å². The van der Waals surface area contributed by atoms with E-state index in [0.717, 1.165) is 17.0 Å². The van der Waals surface area contributed by atoms with Crippen LogP contribution in [0.1, 0.15) is 23.9 Å². The van der Waals surface area contributed by atoms with Crippen LogP contribution in [0.15, 0.2) is 48.5 Å². The van der Waals surface area contributed by atoms with Gasteiger partial charge in [0.1, 0.15) is 5.75 Å². The van der Waals surface area contributed by atoms with Crippen LogP contribution in [0.3, 0.4) is 0 Å². The van der Waals surface area contributed by atoms with Gasteiger partial charge in [-0.1, -0.05) is 23.7 Å². The minimum absolute atomic E-state index is 0.384. The van der Waals surface area contributed by atoms with Crippen LogP contribution in [-0.2, 0) is 16.1 Å². The molecule has 2 heterocycles. The molecule has 2 aromatic carbocycles. The first-order valence-corrected chi connectivity index (χ1v) is 9.84. The number of anilines is 2. The topological polar surface area (TPSA) is 85.3 Å². The maximum absolute atomic E-state index is 13.0. The number of fused-ring (bicyclic) bond motifs is 1. The zero-order valence-electron chi connectivity index (χ0n) is 16.8. The predicted octanol–water partition coefficient (Wildman–Crippen LogP) is 3.93. The van der Waals surface area contributed by atoms with Gasteiger partial charge >= 0.3 is 0 Å². The SMILES string of the molecule is Cc1cc(C)n(Cc2cccc(NC(=O)C3(C)Oc4ccc(Cl)cc4NC3=O)c2)n1. The van der Waals surface area contributed by atoms with E-state index in [1.807, 2.05) is 42.8 Å². The lowest BCUT2D eigenvalue weighted by Gasteiger charge is -2.33. The molecule has 1 atom stereocenters. The smallest absolute Gasteiger partial charge is 0.278 e. The van der Waals surface area contributed by atoms with Gasteiger partial charge in [0.2, 0.25) is 0 Å². The van der Waals surface area contributed by atoms with Crippen LogP contribution in [0, 0.1) is 13.8 Å². The fourth-order valence-corrected chi connectivity index (χ4v) is 3.52. The van der Waals surface area contributed by atoms with Crippen molar-refractivity contribution in [1.82, 2.24) is 9.78 Å². The number of ether oxygens (including phenoxy) is 1. The van der Waals surface area contributed by atoms with Crippen LogP contribution in [0.25, 0.3) is 0 Å². The molecule has 3 aromatic rings. The molecule has 1 unspecified atom stereocenters. The van der Waals surface area contributed by atoms with Gasteiger partial charge in [0, 0.05) is 16.4 Å². The molecular weight excluding hydrogens is 404 g/mol. The molecule has 1 aromatic heterocycles. The van der Waals surface area contributed by atoms with Gasteiger partial charge in [-0.15, -0.1) is 0 Å². The summed E-state index contributed by atoms with van der Waals surface area (Å²) >= 11 is 5.96. The van der Waals surface area contributed by atoms with Crippen molar-refractivity contribution in [3.05, 3.63) is 70.5 Å². The number of amides is 2. The number of carbonyl (C=O) groups excluding carboxylic acids is 2. The highest BCUT2D eigenvalue weighted by Gasteiger charge is 2.47. The van der Waals surface area contributed by atoms with Crippen LogP contribution in [0.5, 0.6) is 5.75 Å². The molecule has 1 aliphatic rings. The number of halogens is 1. The summed E-state index contributed by atoms with van der Waals surface area (Å²) in [6.07, 6.45) is 0. The minimum atomic E-state index is -1.72. The summed E-state index contributed by atoms with van der Waals surface area (Å²) in [6.45, 7) is 5.96. The first-order valence-electron chi connectivity index (χ1n) is 9.46. The lowest BCUT2D eigenvalue weighted by atomic mass is 10.0. The number of hydrogen-bond acceptors (Lipinski definition) is 4. The molecule has 0 aliphatic carbocycles. The second-order valence-electron chi connectivity index (χ2n) is 7.47. The van der Waals surface area contributed by atoms with Crippen molar-refractivity contribution in [2.45, 2.75) is 32.9 Å². The standard InChI is InChI=1S/C22H21ClN4O3/c1-13-9-14(2)27(26-13)12-15-5-4-6-17(10-15)24-20(28)22(3)21(29)25-18-11-16(23)7-8-19(18)30-22/h4-11H,12H2,1-3H3,(H,24,28)(H,25,29). The molecule has 154 valence electrons. The van der Waals surface area contributed by atoms with Crippen molar-refractivity contribution in [2.24, 2.45) is 0 Å². The summed E-state index contributed by atoms with van der Waals surface area (Å²) in [5.41, 5.74) is 2.26. The molecule has 2 amide bonds. The Morgan fingerprint density at radius 1 is 1.23 bits per heavy atom. The molecule has 2 N–H and O–H groups in total. The van der Waals surface area contributed by atoms with Gasteiger partial charge in [-0.25, -0.2) is 0 Å². The third-order valence-electron chi connectivity index (χ3n) is 4.99. The Balaban J connectivity index is 1.53. The van der Waals surface area contributed by atoms with E-state index >= 15 is 0 Å². The summed E-state index contributed by atoms with van der Waals surface area (Å²) in [5.74, 6) is -0.743. The zero-order chi connectivity index (χ0) is 21.5. The number of nitrogens with zero attached hydrogens (tertiary/aromatic N) is 2. The van der Waals surface area contributed by atoms with Crippen LogP contribution in [0.2, 0.25) is 5.02 Å². The number of nitrogens with one attached hydrogen (secondary N) is 2. The highest BCUT2D eigenvalue weighted by atomic mass is 35.5. The number of rotatable bonds is 4. The van der Waals surface area contributed by atoms with E-state index in [-0.39, 0.29) is 0 Å².